The summed E-state index contributed by atoms with van der Waals surface area (Å²) < 4.78 is 24.5. The highest BCUT2D eigenvalue weighted by atomic mass is 19.1. The summed E-state index contributed by atoms with van der Waals surface area (Å²) in [4.78, 5) is 12.3. The lowest BCUT2D eigenvalue weighted by molar-refractivity contribution is 0.0644. The van der Waals surface area contributed by atoms with Crippen molar-refractivity contribution in [2.75, 3.05) is 12.4 Å². The zero-order valence-corrected chi connectivity index (χ0v) is 13.4. The molecule has 0 atom stereocenters. The Labute approximate surface area is 135 Å². The number of hydrogen-bond donors (Lipinski definition) is 1. The van der Waals surface area contributed by atoms with Crippen LogP contribution in [0.15, 0.2) is 42.5 Å². The fraction of sp³-hybridized carbons (Fsp3) is 0.278. The van der Waals surface area contributed by atoms with E-state index in [4.69, 9.17) is 9.47 Å². The Bertz CT molecular complexity index is 686. The molecule has 0 aliphatic rings. The molecule has 5 heteroatoms. The van der Waals surface area contributed by atoms with Gasteiger partial charge in [0.25, 0.3) is 5.91 Å². The van der Waals surface area contributed by atoms with E-state index in [0.29, 0.717) is 17.9 Å². The monoisotopic (exact) mass is 317 g/mol. The minimum absolute atomic E-state index is 0.0654. The van der Waals surface area contributed by atoms with Gasteiger partial charge in [0, 0.05) is 11.1 Å². The Morgan fingerprint density at radius 3 is 2.61 bits per heavy atom. The van der Waals surface area contributed by atoms with Crippen molar-refractivity contribution in [3.8, 4) is 5.75 Å². The second-order valence-electron chi connectivity index (χ2n) is 5.32. The van der Waals surface area contributed by atoms with E-state index in [-0.39, 0.29) is 17.7 Å². The first-order valence-electron chi connectivity index (χ1n) is 7.35. The Morgan fingerprint density at radius 2 is 1.96 bits per heavy atom. The summed E-state index contributed by atoms with van der Waals surface area (Å²) in [6.45, 7) is 4.20. The maximum absolute atomic E-state index is 13.6. The molecule has 122 valence electrons. The SMILES string of the molecule is COc1ccc(C(=O)Nc2ccccc2F)cc1COC(C)C. The van der Waals surface area contributed by atoms with Crippen LogP contribution >= 0.6 is 0 Å². The van der Waals surface area contributed by atoms with Gasteiger partial charge in [-0.25, -0.2) is 4.39 Å². The van der Waals surface area contributed by atoms with Crippen LogP contribution in [0, 0.1) is 5.82 Å². The molecule has 0 radical (unpaired) electrons. The molecule has 0 aliphatic carbocycles. The number of hydrogen-bond acceptors (Lipinski definition) is 3. The van der Waals surface area contributed by atoms with Crippen LogP contribution in [-0.4, -0.2) is 19.1 Å². The van der Waals surface area contributed by atoms with Gasteiger partial charge >= 0.3 is 0 Å². The molecule has 0 bridgehead atoms. The first-order valence-corrected chi connectivity index (χ1v) is 7.35. The van der Waals surface area contributed by atoms with E-state index in [1.165, 1.54) is 12.1 Å². The van der Waals surface area contributed by atoms with Crippen molar-refractivity contribution in [2.24, 2.45) is 0 Å². The molecule has 0 aliphatic heterocycles. The number of amides is 1. The molecule has 0 aromatic heterocycles. The number of methoxy groups -OCH3 is 1. The lowest BCUT2D eigenvalue weighted by Gasteiger charge is -2.13. The van der Waals surface area contributed by atoms with Gasteiger partial charge in [0.2, 0.25) is 0 Å². The van der Waals surface area contributed by atoms with E-state index in [0.717, 1.165) is 5.56 Å². The van der Waals surface area contributed by atoms with E-state index >= 15 is 0 Å². The highest BCUT2D eigenvalue weighted by Gasteiger charge is 2.12. The van der Waals surface area contributed by atoms with Gasteiger partial charge in [0.1, 0.15) is 11.6 Å². The van der Waals surface area contributed by atoms with Gasteiger partial charge < -0.3 is 14.8 Å². The number of benzene rings is 2. The molecule has 23 heavy (non-hydrogen) atoms. The first-order chi connectivity index (χ1) is 11.0. The summed E-state index contributed by atoms with van der Waals surface area (Å²) in [5.41, 5.74) is 1.33. The van der Waals surface area contributed by atoms with E-state index in [1.54, 1.807) is 37.4 Å². The average Bonchev–Trinajstić information content (AvgIpc) is 2.54. The van der Waals surface area contributed by atoms with Gasteiger partial charge in [-0.3, -0.25) is 4.79 Å². The van der Waals surface area contributed by atoms with Crippen molar-refractivity contribution in [2.45, 2.75) is 26.6 Å². The van der Waals surface area contributed by atoms with Crippen LogP contribution in [0.4, 0.5) is 10.1 Å². The molecule has 0 unspecified atom stereocenters. The molecule has 0 spiro atoms. The summed E-state index contributed by atoms with van der Waals surface area (Å²) >= 11 is 0. The van der Waals surface area contributed by atoms with Crippen molar-refractivity contribution in [1.82, 2.24) is 0 Å². The van der Waals surface area contributed by atoms with Gasteiger partial charge in [-0.1, -0.05) is 12.1 Å². The summed E-state index contributed by atoms with van der Waals surface area (Å²) in [7, 11) is 1.56. The van der Waals surface area contributed by atoms with Crippen LogP contribution < -0.4 is 10.1 Å². The summed E-state index contributed by atoms with van der Waals surface area (Å²) in [6.07, 6.45) is 0.0654. The third-order valence-corrected chi connectivity index (χ3v) is 3.24. The van der Waals surface area contributed by atoms with E-state index in [2.05, 4.69) is 5.32 Å². The molecule has 2 aromatic carbocycles. The van der Waals surface area contributed by atoms with Crippen molar-refractivity contribution < 1.29 is 18.7 Å². The largest absolute Gasteiger partial charge is 0.496 e. The smallest absolute Gasteiger partial charge is 0.255 e. The van der Waals surface area contributed by atoms with Crippen molar-refractivity contribution >= 4 is 11.6 Å². The van der Waals surface area contributed by atoms with Crippen molar-refractivity contribution in [3.05, 3.63) is 59.4 Å². The summed E-state index contributed by atoms with van der Waals surface area (Å²) in [5.74, 6) is -0.214. The highest BCUT2D eigenvalue weighted by Crippen LogP contribution is 2.22. The highest BCUT2D eigenvalue weighted by molar-refractivity contribution is 6.04. The van der Waals surface area contributed by atoms with Crippen LogP contribution in [0.1, 0.15) is 29.8 Å². The minimum atomic E-state index is -0.474. The predicted octanol–water partition coefficient (Wildman–Crippen LogP) is 4.01. The van der Waals surface area contributed by atoms with Crippen LogP contribution in [-0.2, 0) is 11.3 Å². The number of para-hydroxylation sites is 1. The third kappa shape index (κ3) is 4.53. The van der Waals surface area contributed by atoms with E-state index < -0.39 is 5.82 Å². The quantitative estimate of drug-likeness (QED) is 0.875. The number of ether oxygens (including phenoxy) is 2. The molecule has 0 saturated carbocycles. The molecule has 0 saturated heterocycles. The van der Waals surface area contributed by atoms with E-state index in [9.17, 15) is 9.18 Å². The lowest BCUT2D eigenvalue weighted by Crippen LogP contribution is -2.14. The summed E-state index contributed by atoms with van der Waals surface area (Å²) in [5, 5.41) is 2.56. The minimum Gasteiger partial charge on any atom is -0.496 e. The summed E-state index contributed by atoms with van der Waals surface area (Å²) in [6, 6.07) is 11.1. The lowest BCUT2D eigenvalue weighted by atomic mass is 10.1. The zero-order chi connectivity index (χ0) is 16.8. The molecular weight excluding hydrogens is 297 g/mol. The number of halogens is 1. The van der Waals surface area contributed by atoms with Crippen LogP contribution in [0.2, 0.25) is 0 Å². The van der Waals surface area contributed by atoms with Gasteiger partial charge in [0.05, 0.1) is 25.5 Å². The van der Waals surface area contributed by atoms with Crippen LogP contribution in [0.5, 0.6) is 5.75 Å². The molecule has 0 fully saturated rings. The molecule has 0 heterocycles. The third-order valence-electron chi connectivity index (χ3n) is 3.24. The number of carbonyl (C=O) groups is 1. The number of nitrogens with one attached hydrogen (secondary N) is 1. The molecule has 1 amide bonds. The Hall–Kier alpha value is -2.40. The predicted molar refractivity (Wildman–Crippen MR) is 87.3 cm³/mol. The maximum atomic E-state index is 13.6. The Balaban J connectivity index is 2.20. The van der Waals surface area contributed by atoms with Gasteiger partial charge in [0.15, 0.2) is 0 Å². The molecular formula is C18H20FNO3. The molecule has 1 N–H and O–H groups in total. The van der Waals surface area contributed by atoms with Gasteiger partial charge in [-0.15, -0.1) is 0 Å². The van der Waals surface area contributed by atoms with Crippen molar-refractivity contribution in [3.63, 3.8) is 0 Å². The fourth-order valence-corrected chi connectivity index (χ4v) is 2.05. The first kappa shape index (κ1) is 17.0. The molecule has 2 aromatic rings. The second kappa shape index (κ2) is 7.74. The normalized spacial score (nSPS) is 10.7. The number of rotatable bonds is 6. The average molecular weight is 317 g/mol. The van der Waals surface area contributed by atoms with E-state index in [1.807, 2.05) is 13.8 Å². The van der Waals surface area contributed by atoms with Gasteiger partial charge in [-0.2, -0.15) is 0 Å². The Morgan fingerprint density at radius 1 is 1.22 bits per heavy atom. The maximum Gasteiger partial charge on any atom is 0.255 e. The van der Waals surface area contributed by atoms with Crippen LogP contribution in [0.3, 0.4) is 0 Å². The molecule has 4 nitrogen and oxygen atoms in total. The molecule has 2 rings (SSSR count). The Kier molecular flexibility index (Phi) is 5.71. The topological polar surface area (TPSA) is 47.6 Å². The standard InChI is InChI=1S/C18H20FNO3/c1-12(2)23-11-14-10-13(8-9-17(14)22-3)18(21)20-16-7-5-4-6-15(16)19/h4-10,12H,11H2,1-3H3,(H,20,21). The zero-order valence-electron chi connectivity index (χ0n) is 13.4. The van der Waals surface area contributed by atoms with Crippen LogP contribution in [0.25, 0.3) is 0 Å². The number of carbonyl (C=O) groups excluding carboxylic acids is 1. The second-order valence-corrected chi connectivity index (χ2v) is 5.32. The fourth-order valence-electron chi connectivity index (χ4n) is 2.05. The van der Waals surface area contributed by atoms with Gasteiger partial charge in [-0.05, 0) is 44.2 Å². The number of anilines is 1. The van der Waals surface area contributed by atoms with Crippen molar-refractivity contribution in [1.29, 1.82) is 0 Å².